The lowest BCUT2D eigenvalue weighted by Gasteiger charge is -2.21. The van der Waals surface area contributed by atoms with Crippen LogP contribution in [0.25, 0.3) is 11.0 Å². The quantitative estimate of drug-likeness (QED) is 0.889. The second-order valence-corrected chi connectivity index (χ2v) is 5.97. The van der Waals surface area contributed by atoms with Crippen molar-refractivity contribution in [3.05, 3.63) is 18.0 Å². The smallest absolute Gasteiger partial charge is 0.163 e. The summed E-state index contributed by atoms with van der Waals surface area (Å²) in [5.74, 6) is 3.40. The van der Waals surface area contributed by atoms with Gasteiger partial charge in [0.1, 0.15) is 5.82 Å². The fourth-order valence-electron chi connectivity index (χ4n) is 3.19. The number of nitrogens with zero attached hydrogens (tertiary/aromatic N) is 1. The molecule has 1 fully saturated rings. The van der Waals surface area contributed by atoms with Gasteiger partial charge in [0.05, 0.1) is 24.2 Å². The molecule has 2 aliphatic rings. The maximum absolute atomic E-state index is 5.73. The van der Waals surface area contributed by atoms with Crippen LogP contribution in [0.3, 0.4) is 0 Å². The highest BCUT2D eigenvalue weighted by Gasteiger charge is 2.17. The van der Waals surface area contributed by atoms with E-state index in [4.69, 9.17) is 14.5 Å². The van der Waals surface area contributed by atoms with Crippen molar-refractivity contribution in [2.45, 2.75) is 25.7 Å². The number of aromatic amines is 1. The third kappa shape index (κ3) is 2.70. The molecule has 112 valence electrons. The lowest BCUT2D eigenvalue weighted by molar-refractivity contribution is 0.297. The second-order valence-electron chi connectivity index (χ2n) is 5.97. The summed E-state index contributed by atoms with van der Waals surface area (Å²) in [6, 6.07) is 4.01. The predicted octanol–water partition coefficient (Wildman–Crippen LogP) is 2.27. The monoisotopic (exact) mass is 287 g/mol. The highest BCUT2D eigenvalue weighted by atomic mass is 16.5. The van der Waals surface area contributed by atoms with Gasteiger partial charge in [-0.15, -0.1) is 0 Å². The van der Waals surface area contributed by atoms with E-state index in [2.05, 4.69) is 10.3 Å². The van der Waals surface area contributed by atoms with Crippen LogP contribution in [-0.2, 0) is 6.42 Å². The predicted molar refractivity (Wildman–Crippen MR) is 81.0 cm³/mol. The van der Waals surface area contributed by atoms with E-state index < -0.39 is 0 Å². The number of imidazole rings is 1. The van der Waals surface area contributed by atoms with Gasteiger partial charge in [-0.2, -0.15) is 0 Å². The summed E-state index contributed by atoms with van der Waals surface area (Å²) in [4.78, 5) is 8.17. The molecule has 1 aromatic carbocycles. The van der Waals surface area contributed by atoms with E-state index in [9.17, 15) is 0 Å². The normalized spacial score (nSPS) is 22.2. The molecule has 1 saturated heterocycles. The second kappa shape index (κ2) is 5.56. The molecular formula is C16H21N3O2. The molecule has 0 amide bonds. The van der Waals surface area contributed by atoms with E-state index in [1.165, 1.54) is 12.8 Å². The standard InChI is InChI=1S/C16H21N3O2/c1-3-11(10-17-4-1)7-16-18-12-8-14-15(9-13(12)19-16)21-6-2-5-20-14/h8-9,11,17H,1-7,10H2,(H,18,19). The van der Waals surface area contributed by atoms with E-state index in [1.807, 2.05) is 12.1 Å². The van der Waals surface area contributed by atoms with Gasteiger partial charge >= 0.3 is 0 Å². The molecule has 3 heterocycles. The first kappa shape index (κ1) is 13.0. The first-order valence-electron chi connectivity index (χ1n) is 7.87. The Labute approximate surface area is 124 Å². The summed E-state index contributed by atoms with van der Waals surface area (Å²) in [6.07, 6.45) is 4.48. The molecule has 1 aromatic heterocycles. The first-order valence-corrected chi connectivity index (χ1v) is 7.87. The molecule has 2 aromatic rings. The number of fused-ring (bicyclic) bond motifs is 2. The zero-order chi connectivity index (χ0) is 14.1. The van der Waals surface area contributed by atoms with Crippen molar-refractivity contribution in [3.8, 4) is 11.5 Å². The molecule has 1 unspecified atom stereocenters. The van der Waals surface area contributed by atoms with Crippen LogP contribution < -0.4 is 14.8 Å². The number of benzene rings is 1. The molecule has 2 N–H and O–H groups in total. The number of aromatic nitrogens is 2. The third-order valence-corrected chi connectivity index (χ3v) is 4.28. The summed E-state index contributed by atoms with van der Waals surface area (Å²) >= 11 is 0. The molecular weight excluding hydrogens is 266 g/mol. The summed E-state index contributed by atoms with van der Waals surface area (Å²) in [5, 5.41) is 3.46. The molecule has 5 nitrogen and oxygen atoms in total. The Kier molecular flexibility index (Phi) is 3.43. The highest BCUT2D eigenvalue weighted by molar-refractivity contribution is 5.79. The van der Waals surface area contributed by atoms with Crippen molar-refractivity contribution in [3.63, 3.8) is 0 Å². The number of H-pyrrole nitrogens is 1. The number of piperidine rings is 1. The maximum atomic E-state index is 5.73. The number of hydrogen-bond donors (Lipinski definition) is 2. The van der Waals surface area contributed by atoms with Crippen LogP contribution in [0.1, 0.15) is 25.1 Å². The molecule has 21 heavy (non-hydrogen) atoms. The van der Waals surface area contributed by atoms with Gasteiger partial charge < -0.3 is 19.8 Å². The zero-order valence-corrected chi connectivity index (χ0v) is 12.2. The summed E-state index contributed by atoms with van der Waals surface area (Å²) < 4.78 is 11.5. The average molecular weight is 287 g/mol. The van der Waals surface area contributed by atoms with Gasteiger partial charge in [0, 0.05) is 25.0 Å². The Bertz CT molecular complexity index is 589. The Hall–Kier alpha value is -1.75. The first-order chi connectivity index (χ1) is 10.4. The number of hydrogen-bond acceptors (Lipinski definition) is 4. The van der Waals surface area contributed by atoms with Crippen molar-refractivity contribution in [1.29, 1.82) is 0 Å². The number of rotatable bonds is 2. The Morgan fingerprint density at radius 3 is 2.81 bits per heavy atom. The fourth-order valence-corrected chi connectivity index (χ4v) is 3.19. The van der Waals surface area contributed by atoms with Crippen LogP contribution in [-0.4, -0.2) is 36.3 Å². The van der Waals surface area contributed by atoms with E-state index in [0.29, 0.717) is 19.1 Å². The van der Waals surface area contributed by atoms with Gasteiger partial charge in [0.25, 0.3) is 0 Å². The van der Waals surface area contributed by atoms with Crippen LogP contribution in [0.4, 0.5) is 0 Å². The van der Waals surface area contributed by atoms with Crippen LogP contribution >= 0.6 is 0 Å². The van der Waals surface area contributed by atoms with Crippen molar-refractivity contribution >= 4 is 11.0 Å². The highest BCUT2D eigenvalue weighted by Crippen LogP contribution is 2.33. The number of nitrogens with one attached hydrogen (secondary N) is 2. The minimum absolute atomic E-state index is 0.685. The van der Waals surface area contributed by atoms with Gasteiger partial charge in [-0.05, 0) is 31.8 Å². The summed E-state index contributed by atoms with van der Waals surface area (Å²) in [5.41, 5.74) is 2.01. The minimum Gasteiger partial charge on any atom is -0.489 e. The van der Waals surface area contributed by atoms with Crippen LogP contribution in [0, 0.1) is 5.92 Å². The van der Waals surface area contributed by atoms with Crippen LogP contribution in [0.5, 0.6) is 11.5 Å². The average Bonchev–Trinajstić information content (AvgIpc) is 2.74. The Morgan fingerprint density at radius 2 is 2.00 bits per heavy atom. The molecule has 0 radical (unpaired) electrons. The molecule has 4 rings (SSSR count). The van der Waals surface area contributed by atoms with Crippen molar-refractivity contribution < 1.29 is 9.47 Å². The largest absolute Gasteiger partial charge is 0.489 e. The maximum Gasteiger partial charge on any atom is 0.163 e. The van der Waals surface area contributed by atoms with Crippen molar-refractivity contribution in [2.75, 3.05) is 26.3 Å². The van der Waals surface area contributed by atoms with Crippen LogP contribution in [0.15, 0.2) is 12.1 Å². The zero-order valence-electron chi connectivity index (χ0n) is 12.2. The Morgan fingerprint density at radius 1 is 1.14 bits per heavy atom. The molecule has 1 atom stereocenters. The molecule has 0 aliphatic carbocycles. The lowest BCUT2D eigenvalue weighted by atomic mass is 9.96. The van der Waals surface area contributed by atoms with Gasteiger partial charge in [-0.1, -0.05) is 0 Å². The van der Waals surface area contributed by atoms with Crippen LogP contribution in [0.2, 0.25) is 0 Å². The van der Waals surface area contributed by atoms with Crippen molar-refractivity contribution in [2.24, 2.45) is 5.92 Å². The van der Waals surface area contributed by atoms with E-state index >= 15 is 0 Å². The molecule has 0 saturated carbocycles. The molecule has 5 heteroatoms. The molecule has 0 spiro atoms. The minimum atomic E-state index is 0.685. The van der Waals surface area contributed by atoms with Gasteiger partial charge in [0.2, 0.25) is 0 Å². The fraction of sp³-hybridized carbons (Fsp3) is 0.562. The molecule has 0 bridgehead atoms. The topological polar surface area (TPSA) is 59.2 Å². The Balaban J connectivity index is 1.60. The van der Waals surface area contributed by atoms with Gasteiger partial charge in [0.15, 0.2) is 11.5 Å². The van der Waals surface area contributed by atoms with Gasteiger partial charge in [-0.3, -0.25) is 0 Å². The van der Waals surface area contributed by atoms with Gasteiger partial charge in [-0.25, -0.2) is 4.98 Å². The number of ether oxygens (including phenoxy) is 2. The lowest BCUT2D eigenvalue weighted by Crippen LogP contribution is -2.31. The van der Waals surface area contributed by atoms with E-state index in [0.717, 1.165) is 54.3 Å². The van der Waals surface area contributed by atoms with Crippen molar-refractivity contribution in [1.82, 2.24) is 15.3 Å². The van der Waals surface area contributed by atoms with E-state index in [1.54, 1.807) is 0 Å². The summed E-state index contributed by atoms with van der Waals surface area (Å²) in [7, 11) is 0. The third-order valence-electron chi connectivity index (χ3n) is 4.28. The SMILES string of the molecule is c1c2c(cc3[nH]c(CC4CCCNC4)nc13)OCCCO2. The summed E-state index contributed by atoms with van der Waals surface area (Å²) in [6.45, 7) is 3.68. The van der Waals surface area contributed by atoms with E-state index in [-0.39, 0.29) is 0 Å². The molecule has 2 aliphatic heterocycles.